The second kappa shape index (κ2) is 6.51. The van der Waals surface area contributed by atoms with Crippen LogP contribution in [-0.2, 0) is 4.79 Å². The molecule has 5 heteroatoms. The van der Waals surface area contributed by atoms with Gasteiger partial charge in [-0.05, 0) is 46.9 Å². The number of carbonyl (C=O) groups excluding carboxylic acids is 1. The number of para-hydroxylation sites is 2. The van der Waals surface area contributed by atoms with E-state index in [0.717, 1.165) is 9.26 Å². The van der Waals surface area contributed by atoms with Gasteiger partial charge >= 0.3 is 0 Å². The van der Waals surface area contributed by atoms with Gasteiger partial charge in [-0.3, -0.25) is 4.79 Å². The van der Waals surface area contributed by atoms with E-state index < -0.39 is 5.82 Å². The lowest BCUT2D eigenvalue weighted by Gasteiger charge is -2.09. The van der Waals surface area contributed by atoms with Crippen molar-refractivity contribution in [2.75, 3.05) is 17.2 Å². The fourth-order valence-electron chi connectivity index (χ4n) is 1.54. The summed E-state index contributed by atoms with van der Waals surface area (Å²) in [6.07, 6.45) is 0. The molecule has 0 saturated heterocycles. The fraction of sp³-hybridized carbons (Fsp3) is 0.0714. The van der Waals surface area contributed by atoms with Gasteiger partial charge in [0.05, 0.1) is 12.2 Å². The average Bonchev–Trinajstić information content (AvgIpc) is 2.40. The van der Waals surface area contributed by atoms with E-state index in [-0.39, 0.29) is 18.1 Å². The van der Waals surface area contributed by atoms with E-state index >= 15 is 0 Å². The molecule has 0 fully saturated rings. The summed E-state index contributed by atoms with van der Waals surface area (Å²) in [6, 6.07) is 13.7. The third-order valence-electron chi connectivity index (χ3n) is 2.46. The Morgan fingerprint density at radius 1 is 1.05 bits per heavy atom. The summed E-state index contributed by atoms with van der Waals surface area (Å²) >= 11 is 2.18. The molecule has 0 spiro atoms. The van der Waals surface area contributed by atoms with Crippen LogP contribution in [0.4, 0.5) is 15.8 Å². The van der Waals surface area contributed by atoms with E-state index in [2.05, 4.69) is 33.2 Å². The molecule has 0 bridgehead atoms. The highest BCUT2D eigenvalue weighted by Gasteiger charge is 2.06. The minimum absolute atomic E-state index is 0.0916. The van der Waals surface area contributed by atoms with Crippen molar-refractivity contribution in [2.45, 2.75) is 0 Å². The zero-order valence-electron chi connectivity index (χ0n) is 9.99. The molecule has 2 N–H and O–H groups in total. The van der Waals surface area contributed by atoms with Crippen molar-refractivity contribution in [3.05, 3.63) is 57.9 Å². The van der Waals surface area contributed by atoms with Crippen molar-refractivity contribution in [3.63, 3.8) is 0 Å². The Hall–Kier alpha value is -1.63. The molecule has 3 nitrogen and oxygen atoms in total. The van der Waals surface area contributed by atoms with Gasteiger partial charge in [-0.25, -0.2) is 4.39 Å². The van der Waals surface area contributed by atoms with Crippen LogP contribution in [-0.4, -0.2) is 12.5 Å². The number of amides is 1. The van der Waals surface area contributed by atoms with Crippen molar-refractivity contribution in [1.82, 2.24) is 0 Å². The topological polar surface area (TPSA) is 41.1 Å². The average molecular weight is 370 g/mol. The molecule has 2 aromatic rings. The molecule has 19 heavy (non-hydrogen) atoms. The van der Waals surface area contributed by atoms with Crippen molar-refractivity contribution in [3.8, 4) is 0 Å². The Kier molecular flexibility index (Phi) is 4.73. The van der Waals surface area contributed by atoms with Crippen LogP contribution in [0, 0.1) is 9.39 Å². The number of nitrogens with one attached hydrogen (secondary N) is 2. The summed E-state index contributed by atoms with van der Waals surface area (Å²) < 4.78 is 14.4. The maximum Gasteiger partial charge on any atom is 0.243 e. The van der Waals surface area contributed by atoms with Crippen molar-refractivity contribution in [2.24, 2.45) is 0 Å². The Bertz CT molecular complexity index is 589. The first-order chi connectivity index (χ1) is 9.16. The number of halogens is 2. The van der Waals surface area contributed by atoms with E-state index in [0.29, 0.717) is 0 Å². The molecule has 0 unspecified atom stereocenters. The molecular weight excluding hydrogens is 358 g/mol. The predicted octanol–water partition coefficient (Wildman–Crippen LogP) is 3.48. The second-order valence-electron chi connectivity index (χ2n) is 3.86. The zero-order valence-corrected chi connectivity index (χ0v) is 12.1. The molecule has 1 amide bonds. The third-order valence-corrected chi connectivity index (χ3v) is 3.40. The van der Waals surface area contributed by atoms with Crippen LogP contribution in [0.1, 0.15) is 0 Å². The van der Waals surface area contributed by atoms with Crippen LogP contribution in [0.2, 0.25) is 0 Å². The fourth-order valence-corrected chi connectivity index (χ4v) is 2.12. The van der Waals surface area contributed by atoms with Gasteiger partial charge in [0, 0.05) is 9.26 Å². The monoisotopic (exact) mass is 370 g/mol. The highest BCUT2D eigenvalue weighted by Crippen LogP contribution is 2.17. The van der Waals surface area contributed by atoms with Gasteiger partial charge in [0.1, 0.15) is 5.82 Å². The molecule has 0 atom stereocenters. The van der Waals surface area contributed by atoms with Crippen LogP contribution in [0.3, 0.4) is 0 Å². The quantitative estimate of drug-likeness (QED) is 0.810. The number of hydrogen-bond donors (Lipinski definition) is 2. The maximum absolute atomic E-state index is 13.3. The van der Waals surface area contributed by atoms with E-state index in [1.165, 1.54) is 12.1 Å². The molecule has 0 heterocycles. The van der Waals surface area contributed by atoms with E-state index in [4.69, 9.17) is 0 Å². The lowest BCUT2D eigenvalue weighted by atomic mass is 10.3. The summed E-state index contributed by atoms with van der Waals surface area (Å²) in [5.41, 5.74) is 1.07. The van der Waals surface area contributed by atoms with Gasteiger partial charge in [0.15, 0.2) is 0 Å². The lowest BCUT2D eigenvalue weighted by Crippen LogP contribution is -2.22. The Balaban J connectivity index is 1.92. The van der Waals surface area contributed by atoms with E-state index in [1.807, 2.05) is 24.3 Å². The van der Waals surface area contributed by atoms with Gasteiger partial charge < -0.3 is 10.6 Å². The van der Waals surface area contributed by atoms with Gasteiger partial charge in [-0.1, -0.05) is 24.3 Å². The van der Waals surface area contributed by atoms with Crippen LogP contribution in [0.5, 0.6) is 0 Å². The minimum atomic E-state index is -0.440. The highest BCUT2D eigenvalue weighted by atomic mass is 127. The Morgan fingerprint density at radius 2 is 1.68 bits per heavy atom. The van der Waals surface area contributed by atoms with Crippen LogP contribution >= 0.6 is 22.6 Å². The standard InChI is InChI=1S/C14H12FIN2O/c15-10-5-1-3-7-12(10)18-14(19)9-17-13-8-4-2-6-11(13)16/h1-8,17H,9H2,(H,18,19). The van der Waals surface area contributed by atoms with Crippen molar-refractivity contribution in [1.29, 1.82) is 0 Å². The largest absolute Gasteiger partial charge is 0.375 e. The number of carbonyl (C=O) groups is 1. The first-order valence-corrected chi connectivity index (χ1v) is 6.77. The number of benzene rings is 2. The first kappa shape index (κ1) is 13.8. The van der Waals surface area contributed by atoms with Gasteiger partial charge in [0.25, 0.3) is 0 Å². The van der Waals surface area contributed by atoms with Gasteiger partial charge in [-0.2, -0.15) is 0 Å². The first-order valence-electron chi connectivity index (χ1n) is 5.69. The Labute approximate surface area is 124 Å². The minimum Gasteiger partial charge on any atom is -0.375 e. The van der Waals surface area contributed by atoms with Crippen LogP contribution < -0.4 is 10.6 Å². The molecule has 0 aromatic heterocycles. The zero-order chi connectivity index (χ0) is 13.7. The van der Waals surface area contributed by atoms with Gasteiger partial charge in [0.2, 0.25) is 5.91 Å². The van der Waals surface area contributed by atoms with E-state index in [1.54, 1.807) is 12.1 Å². The summed E-state index contributed by atoms with van der Waals surface area (Å²) in [6.45, 7) is 0.0916. The smallest absolute Gasteiger partial charge is 0.243 e. The number of rotatable bonds is 4. The summed E-state index contributed by atoms with van der Waals surface area (Å²) in [7, 11) is 0. The third kappa shape index (κ3) is 3.92. The summed E-state index contributed by atoms with van der Waals surface area (Å²) in [5, 5.41) is 5.53. The molecule has 98 valence electrons. The van der Waals surface area contributed by atoms with Crippen LogP contribution in [0.25, 0.3) is 0 Å². The van der Waals surface area contributed by atoms with E-state index in [9.17, 15) is 9.18 Å². The molecule has 2 aromatic carbocycles. The molecule has 0 radical (unpaired) electrons. The molecule has 0 saturated carbocycles. The van der Waals surface area contributed by atoms with Crippen molar-refractivity contribution < 1.29 is 9.18 Å². The normalized spacial score (nSPS) is 10.0. The maximum atomic E-state index is 13.3. The molecule has 0 aliphatic carbocycles. The van der Waals surface area contributed by atoms with Crippen LogP contribution in [0.15, 0.2) is 48.5 Å². The van der Waals surface area contributed by atoms with Gasteiger partial charge in [-0.15, -0.1) is 0 Å². The highest BCUT2D eigenvalue weighted by molar-refractivity contribution is 14.1. The predicted molar refractivity (Wildman–Crippen MR) is 82.7 cm³/mol. The van der Waals surface area contributed by atoms with Crippen molar-refractivity contribution >= 4 is 39.9 Å². The molecule has 0 aliphatic rings. The number of anilines is 2. The second-order valence-corrected chi connectivity index (χ2v) is 5.02. The Morgan fingerprint density at radius 3 is 2.37 bits per heavy atom. The summed E-state index contributed by atoms with van der Waals surface area (Å²) in [5.74, 6) is -0.727. The number of hydrogen-bond acceptors (Lipinski definition) is 2. The molecular formula is C14H12FIN2O. The molecule has 2 rings (SSSR count). The molecule has 0 aliphatic heterocycles. The lowest BCUT2D eigenvalue weighted by molar-refractivity contribution is -0.114. The SMILES string of the molecule is O=C(CNc1ccccc1I)Nc1ccccc1F. The summed E-state index contributed by atoms with van der Waals surface area (Å²) in [4.78, 5) is 11.7.